The van der Waals surface area contributed by atoms with Crippen molar-refractivity contribution in [2.75, 3.05) is 12.3 Å². The summed E-state index contributed by atoms with van der Waals surface area (Å²) in [6.45, 7) is 3.01. The number of hydrogen-bond donors (Lipinski definition) is 2. The molecule has 1 fully saturated rings. The van der Waals surface area contributed by atoms with Crippen LogP contribution in [0.25, 0.3) is 11.0 Å². The van der Waals surface area contributed by atoms with E-state index in [4.69, 9.17) is 24.7 Å². The van der Waals surface area contributed by atoms with E-state index in [1.54, 1.807) is 0 Å². The molecular formula is C15H18N6O9. The zero-order chi connectivity index (χ0) is 22.2. The maximum atomic E-state index is 12.9. The standard InChI is InChI=1S/C15H18N6O9/c1-5(22)27-4-8-11(28-6(2)23)12(29-7(3)24)15(30-8)20-14(25)10-9(17-19-20)13(16)18-21(10)26/h8,11-12,15,26H,4H2,1-3H3,(H2,16,18). The van der Waals surface area contributed by atoms with Crippen molar-refractivity contribution in [1.29, 1.82) is 0 Å². The van der Waals surface area contributed by atoms with E-state index >= 15 is 0 Å². The normalized spacial score (nSPS) is 23.3. The topological polar surface area (TPSA) is 200 Å². The van der Waals surface area contributed by atoms with Crippen molar-refractivity contribution >= 4 is 34.8 Å². The molecule has 0 radical (unpaired) electrons. The van der Waals surface area contributed by atoms with Gasteiger partial charge in [-0.3, -0.25) is 19.2 Å². The van der Waals surface area contributed by atoms with Gasteiger partial charge in [-0.25, -0.2) is 0 Å². The number of fused-ring (bicyclic) bond motifs is 1. The first-order valence-corrected chi connectivity index (χ1v) is 8.56. The first kappa shape index (κ1) is 21.0. The van der Waals surface area contributed by atoms with Gasteiger partial charge in [0.15, 0.2) is 35.3 Å². The highest BCUT2D eigenvalue weighted by Gasteiger charge is 2.51. The molecule has 0 amide bonds. The van der Waals surface area contributed by atoms with Gasteiger partial charge in [-0.2, -0.15) is 4.68 Å². The average Bonchev–Trinajstić information content (AvgIpc) is 3.11. The Bertz CT molecular complexity index is 1060. The number of aromatic nitrogens is 5. The lowest BCUT2D eigenvalue weighted by Crippen LogP contribution is -2.42. The van der Waals surface area contributed by atoms with Crippen LogP contribution in [-0.4, -0.2) is 73.0 Å². The first-order valence-electron chi connectivity index (χ1n) is 8.56. The molecule has 0 saturated carbocycles. The van der Waals surface area contributed by atoms with Gasteiger partial charge in [0, 0.05) is 20.8 Å². The van der Waals surface area contributed by atoms with E-state index in [0.29, 0.717) is 4.68 Å². The molecule has 3 heterocycles. The number of carbonyl (C=O) groups is 3. The van der Waals surface area contributed by atoms with Crippen LogP contribution in [0.5, 0.6) is 0 Å². The molecule has 3 N–H and O–H groups in total. The highest BCUT2D eigenvalue weighted by atomic mass is 16.7. The minimum Gasteiger partial charge on any atom is -0.463 e. The molecule has 30 heavy (non-hydrogen) atoms. The molecule has 162 valence electrons. The molecule has 15 heteroatoms. The second-order valence-corrected chi connectivity index (χ2v) is 6.33. The monoisotopic (exact) mass is 426 g/mol. The number of esters is 3. The minimum absolute atomic E-state index is 0.159. The van der Waals surface area contributed by atoms with Crippen molar-refractivity contribution in [3.63, 3.8) is 0 Å². The summed E-state index contributed by atoms with van der Waals surface area (Å²) in [6.07, 6.45) is -5.10. The van der Waals surface area contributed by atoms with Gasteiger partial charge < -0.3 is 29.9 Å². The van der Waals surface area contributed by atoms with Crippen molar-refractivity contribution in [3.05, 3.63) is 10.4 Å². The van der Waals surface area contributed by atoms with Gasteiger partial charge in [-0.05, 0) is 0 Å². The Morgan fingerprint density at radius 1 is 1.13 bits per heavy atom. The van der Waals surface area contributed by atoms with Gasteiger partial charge in [0.05, 0.1) is 0 Å². The van der Waals surface area contributed by atoms with Crippen LogP contribution < -0.4 is 11.3 Å². The summed E-state index contributed by atoms with van der Waals surface area (Å²) >= 11 is 0. The van der Waals surface area contributed by atoms with E-state index in [0.717, 1.165) is 20.8 Å². The summed E-state index contributed by atoms with van der Waals surface area (Å²) in [5.41, 5.74) is 4.07. The molecule has 0 spiro atoms. The number of nitrogens with two attached hydrogens (primary N) is 1. The number of hydrogen-bond acceptors (Lipinski definition) is 13. The summed E-state index contributed by atoms with van der Waals surface area (Å²) in [7, 11) is 0. The first-order chi connectivity index (χ1) is 14.1. The third kappa shape index (κ3) is 3.86. The number of carbonyl (C=O) groups excluding carboxylic acids is 3. The Kier molecular flexibility index (Phi) is 5.55. The maximum absolute atomic E-state index is 12.9. The Labute approximate surface area is 167 Å². The zero-order valence-electron chi connectivity index (χ0n) is 16.0. The molecule has 3 rings (SSSR count). The molecule has 0 aliphatic carbocycles. The lowest BCUT2D eigenvalue weighted by molar-refractivity contribution is -0.166. The van der Waals surface area contributed by atoms with Crippen molar-refractivity contribution in [1.82, 2.24) is 24.9 Å². The predicted octanol–water partition coefficient (Wildman–Crippen LogP) is -1.87. The second-order valence-electron chi connectivity index (χ2n) is 6.33. The van der Waals surface area contributed by atoms with Crippen LogP contribution in [0.3, 0.4) is 0 Å². The number of nitrogen functional groups attached to an aromatic ring is 1. The lowest BCUT2D eigenvalue weighted by Gasteiger charge is -2.23. The maximum Gasteiger partial charge on any atom is 0.303 e. The van der Waals surface area contributed by atoms with E-state index < -0.39 is 53.5 Å². The smallest absolute Gasteiger partial charge is 0.303 e. The van der Waals surface area contributed by atoms with Crippen molar-refractivity contribution in [2.24, 2.45) is 0 Å². The SMILES string of the molecule is CC(=O)OCC1OC(n2nnc3c(N)nn(O)c3c2=O)C(OC(C)=O)C1OC(C)=O. The fraction of sp³-hybridized carbons (Fsp3) is 0.533. The van der Waals surface area contributed by atoms with E-state index in [9.17, 15) is 24.4 Å². The molecule has 0 bridgehead atoms. The third-order valence-electron chi connectivity index (χ3n) is 4.10. The van der Waals surface area contributed by atoms with E-state index in [2.05, 4.69) is 15.4 Å². The molecular weight excluding hydrogens is 408 g/mol. The Morgan fingerprint density at radius 3 is 2.37 bits per heavy atom. The molecule has 1 aliphatic rings. The van der Waals surface area contributed by atoms with Crippen molar-refractivity contribution in [2.45, 2.75) is 45.3 Å². The Balaban J connectivity index is 2.07. The molecule has 15 nitrogen and oxygen atoms in total. The second kappa shape index (κ2) is 7.94. The van der Waals surface area contributed by atoms with Crippen LogP contribution in [0.4, 0.5) is 5.82 Å². The molecule has 1 aliphatic heterocycles. The number of anilines is 1. The molecule has 0 aromatic carbocycles. The Hall–Kier alpha value is -3.75. The number of nitrogens with zero attached hydrogens (tertiary/aromatic N) is 5. The van der Waals surface area contributed by atoms with Crippen LogP contribution >= 0.6 is 0 Å². The van der Waals surface area contributed by atoms with Crippen LogP contribution in [0.2, 0.25) is 0 Å². The summed E-state index contributed by atoms with van der Waals surface area (Å²) in [6, 6.07) is 0. The molecule has 2 aromatic heterocycles. The summed E-state index contributed by atoms with van der Waals surface area (Å²) in [5.74, 6) is -2.37. The van der Waals surface area contributed by atoms with Crippen LogP contribution in [-0.2, 0) is 33.3 Å². The lowest BCUT2D eigenvalue weighted by atomic mass is 10.1. The van der Waals surface area contributed by atoms with Crippen LogP contribution in [0.15, 0.2) is 4.79 Å². The molecule has 4 unspecified atom stereocenters. The minimum atomic E-state index is -1.43. The van der Waals surface area contributed by atoms with Crippen molar-refractivity contribution < 1.29 is 38.5 Å². The van der Waals surface area contributed by atoms with Gasteiger partial charge in [0.2, 0.25) is 0 Å². The highest BCUT2D eigenvalue weighted by Crippen LogP contribution is 2.33. The summed E-state index contributed by atoms with van der Waals surface area (Å²) < 4.78 is 21.7. The third-order valence-corrected chi connectivity index (χ3v) is 4.10. The van der Waals surface area contributed by atoms with Crippen LogP contribution in [0.1, 0.15) is 27.0 Å². The molecule has 1 saturated heterocycles. The van der Waals surface area contributed by atoms with Crippen molar-refractivity contribution in [3.8, 4) is 0 Å². The van der Waals surface area contributed by atoms with E-state index in [1.165, 1.54) is 0 Å². The van der Waals surface area contributed by atoms with Crippen LogP contribution in [0, 0.1) is 0 Å². The Morgan fingerprint density at radius 2 is 1.77 bits per heavy atom. The van der Waals surface area contributed by atoms with Gasteiger partial charge in [-0.1, -0.05) is 10.1 Å². The van der Waals surface area contributed by atoms with Gasteiger partial charge in [-0.15, -0.1) is 10.2 Å². The van der Waals surface area contributed by atoms with Gasteiger partial charge in [0.1, 0.15) is 12.7 Å². The highest BCUT2D eigenvalue weighted by molar-refractivity contribution is 5.83. The fourth-order valence-electron chi connectivity index (χ4n) is 3.00. The number of rotatable bonds is 5. The fourth-order valence-corrected chi connectivity index (χ4v) is 3.00. The van der Waals surface area contributed by atoms with E-state index in [-0.39, 0.29) is 22.8 Å². The molecule has 2 aromatic rings. The zero-order valence-corrected chi connectivity index (χ0v) is 16.0. The van der Waals surface area contributed by atoms with Gasteiger partial charge >= 0.3 is 23.5 Å². The quantitative estimate of drug-likeness (QED) is 0.306. The summed E-state index contributed by atoms with van der Waals surface area (Å²) in [4.78, 5) is 47.5. The summed E-state index contributed by atoms with van der Waals surface area (Å²) in [5, 5.41) is 20.7. The van der Waals surface area contributed by atoms with E-state index in [1.807, 2.05) is 0 Å². The predicted molar refractivity (Wildman–Crippen MR) is 92.8 cm³/mol. The molecule has 4 atom stereocenters. The largest absolute Gasteiger partial charge is 0.463 e. The number of ether oxygens (including phenoxy) is 4. The van der Waals surface area contributed by atoms with Gasteiger partial charge in [0.25, 0.3) is 0 Å². The average molecular weight is 426 g/mol.